The zero-order valence-electron chi connectivity index (χ0n) is 12.5. The number of hydrogen-bond donors (Lipinski definition) is 0. The van der Waals surface area contributed by atoms with Gasteiger partial charge in [-0.05, 0) is 25.9 Å². The SMILES string of the molecule is Cn1c(=O)n(C)c2c1c(=O)n(CN1CCCC1)c(=O)n2C. The number of aromatic nitrogens is 4. The molecular formula is C13H19N5O3. The molecular weight excluding hydrogens is 274 g/mol. The van der Waals surface area contributed by atoms with Crippen LogP contribution in [0.3, 0.4) is 0 Å². The fourth-order valence-corrected chi connectivity index (χ4v) is 3.08. The lowest BCUT2D eigenvalue weighted by atomic mass is 10.4. The Morgan fingerprint density at radius 1 is 0.857 bits per heavy atom. The van der Waals surface area contributed by atoms with E-state index < -0.39 is 5.56 Å². The molecule has 114 valence electrons. The van der Waals surface area contributed by atoms with Crippen molar-refractivity contribution in [3.8, 4) is 0 Å². The topological polar surface area (TPSA) is 74.2 Å². The van der Waals surface area contributed by atoms with Crippen LogP contribution in [0.15, 0.2) is 14.4 Å². The van der Waals surface area contributed by atoms with Gasteiger partial charge in [0.25, 0.3) is 5.56 Å². The number of aryl methyl sites for hydroxylation is 3. The van der Waals surface area contributed by atoms with Crippen molar-refractivity contribution in [2.75, 3.05) is 13.1 Å². The summed E-state index contributed by atoms with van der Waals surface area (Å²) in [5, 5.41) is 0. The molecule has 0 bridgehead atoms. The van der Waals surface area contributed by atoms with E-state index in [1.54, 1.807) is 21.1 Å². The lowest BCUT2D eigenvalue weighted by molar-refractivity contribution is 0.259. The fraction of sp³-hybridized carbons (Fsp3) is 0.615. The predicted molar refractivity (Wildman–Crippen MR) is 78.5 cm³/mol. The van der Waals surface area contributed by atoms with E-state index in [0.717, 1.165) is 25.9 Å². The number of rotatable bonds is 2. The molecule has 1 aliphatic rings. The fourth-order valence-electron chi connectivity index (χ4n) is 3.08. The highest BCUT2D eigenvalue weighted by atomic mass is 16.2. The highest BCUT2D eigenvalue weighted by molar-refractivity contribution is 5.70. The molecule has 1 saturated heterocycles. The van der Waals surface area contributed by atoms with E-state index >= 15 is 0 Å². The molecule has 0 atom stereocenters. The molecule has 1 aliphatic heterocycles. The summed E-state index contributed by atoms with van der Waals surface area (Å²) in [5.74, 6) is 0. The van der Waals surface area contributed by atoms with Crippen molar-refractivity contribution < 1.29 is 0 Å². The maximum Gasteiger partial charge on any atom is 0.333 e. The molecule has 0 aliphatic carbocycles. The van der Waals surface area contributed by atoms with Crippen molar-refractivity contribution in [1.82, 2.24) is 23.2 Å². The molecule has 8 heteroatoms. The summed E-state index contributed by atoms with van der Waals surface area (Å²) >= 11 is 0. The molecule has 0 unspecified atom stereocenters. The van der Waals surface area contributed by atoms with Crippen LogP contribution in [0.25, 0.3) is 11.2 Å². The van der Waals surface area contributed by atoms with Gasteiger partial charge in [-0.2, -0.15) is 0 Å². The van der Waals surface area contributed by atoms with Gasteiger partial charge in [-0.3, -0.25) is 23.4 Å². The molecule has 0 aromatic carbocycles. The van der Waals surface area contributed by atoms with E-state index in [4.69, 9.17) is 0 Å². The molecule has 0 radical (unpaired) electrons. The lowest BCUT2D eigenvalue weighted by Crippen LogP contribution is -2.43. The standard InChI is InChI=1S/C13H19N5O3/c1-14-9-10(15(2)12(14)20)16(3)13(21)18(11(9)19)8-17-6-4-5-7-17/h4-8H2,1-3H3. The molecule has 0 spiro atoms. The smallest absolute Gasteiger partial charge is 0.289 e. The molecule has 0 saturated carbocycles. The van der Waals surface area contributed by atoms with Crippen molar-refractivity contribution in [3.05, 3.63) is 31.3 Å². The van der Waals surface area contributed by atoms with Crippen LogP contribution in [0.4, 0.5) is 0 Å². The van der Waals surface area contributed by atoms with Crippen LogP contribution in [0, 0.1) is 0 Å². The molecule has 3 rings (SSSR count). The summed E-state index contributed by atoms with van der Waals surface area (Å²) in [5.41, 5.74) is -0.476. The summed E-state index contributed by atoms with van der Waals surface area (Å²) in [6, 6.07) is 0. The second-order valence-corrected chi connectivity index (χ2v) is 5.61. The molecule has 1 fully saturated rings. The normalized spacial score (nSPS) is 16.1. The Balaban J connectivity index is 2.32. The third-order valence-corrected chi connectivity index (χ3v) is 4.26. The Morgan fingerprint density at radius 2 is 1.43 bits per heavy atom. The van der Waals surface area contributed by atoms with Gasteiger partial charge >= 0.3 is 11.4 Å². The van der Waals surface area contributed by atoms with E-state index in [2.05, 4.69) is 4.90 Å². The zero-order chi connectivity index (χ0) is 15.3. The first kappa shape index (κ1) is 13.9. The van der Waals surface area contributed by atoms with Gasteiger partial charge in [-0.1, -0.05) is 0 Å². The Morgan fingerprint density at radius 3 is 2.05 bits per heavy atom. The highest BCUT2D eigenvalue weighted by Crippen LogP contribution is 2.08. The van der Waals surface area contributed by atoms with Crippen LogP contribution in [0.2, 0.25) is 0 Å². The molecule has 0 amide bonds. The maximum absolute atomic E-state index is 12.6. The highest BCUT2D eigenvalue weighted by Gasteiger charge is 2.21. The summed E-state index contributed by atoms with van der Waals surface area (Å²) in [7, 11) is 4.70. The van der Waals surface area contributed by atoms with Crippen LogP contribution in [0.5, 0.6) is 0 Å². The van der Waals surface area contributed by atoms with Gasteiger partial charge in [0.15, 0.2) is 11.2 Å². The summed E-state index contributed by atoms with van der Waals surface area (Å²) in [4.78, 5) is 39.2. The minimum absolute atomic E-state index is 0.267. The van der Waals surface area contributed by atoms with E-state index in [1.165, 1.54) is 18.3 Å². The summed E-state index contributed by atoms with van der Waals surface area (Å²) in [6.45, 7) is 2.06. The maximum atomic E-state index is 12.6. The Kier molecular flexibility index (Phi) is 3.12. The van der Waals surface area contributed by atoms with Crippen LogP contribution in [0.1, 0.15) is 12.8 Å². The zero-order valence-corrected chi connectivity index (χ0v) is 12.5. The number of nitrogens with zero attached hydrogens (tertiary/aromatic N) is 5. The van der Waals surface area contributed by atoms with Crippen molar-refractivity contribution in [1.29, 1.82) is 0 Å². The van der Waals surface area contributed by atoms with Crippen molar-refractivity contribution in [2.24, 2.45) is 21.1 Å². The van der Waals surface area contributed by atoms with E-state index in [9.17, 15) is 14.4 Å². The summed E-state index contributed by atoms with van der Waals surface area (Å²) in [6.07, 6.45) is 2.17. The molecule has 2 aromatic rings. The molecule has 2 aromatic heterocycles. The predicted octanol–water partition coefficient (Wildman–Crippen LogP) is -1.21. The lowest BCUT2D eigenvalue weighted by Gasteiger charge is -2.16. The van der Waals surface area contributed by atoms with Crippen LogP contribution in [-0.2, 0) is 27.8 Å². The van der Waals surface area contributed by atoms with Crippen LogP contribution >= 0.6 is 0 Å². The molecule has 21 heavy (non-hydrogen) atoms. The van der Waals surface area contributed by atoms with Gasteiger partial charge in [0, 0.05) is 21.1 Å². The van der Waals surface area contributed by atoms with Gasteiger partial charge < -0.3 is 0 Å². The van der Waals surface area contributed by atoms with Crippen molar-refractivity contribution >= 4 is 11.2 Å². The van der Waals surface area contributed by atoms with Gasteiger partial charge in [0.1, 0.15) is 0 Å². The van der Waals surface area contributed by atoms with Crippen molar-refractivity contribution in [2.45, 2.75) is 19.5 Å². The number of fused-ring (bicyclic) bond motifs is 1. The molecule has 8 nitrogen and oxygen atoms in total. The minimum atomic E-state index is -0.403. The average Bonchev–Trinajstić information content (AvgIpc) is 3.04. The van der Waals surface area contributed by atoms with E-state index in [0.29, 0.717) is 5.65 Å². The van der Waals surface area contributed by atoms with Crippen LogP contribution in [-0.4, -0.2) is 36.3 Å². The Labute approximate surface area is 120 Å². The monoisotopic (exact) mass is 293 g/mol. The first-order valence-electron chi connectivity index (χ1n) is 7.01. The number of hydrogen-bond acceptors (Lipinski definition) is 4. The number of imidazole rings is 1. The first-order chi connectivity index (χ1) is 9.93. The van der Waals surface area contributed by atoms with Gasteiger partial charge in [0.05, 0.1) is 6.67 Å². The quantitative estimate of drug-likeness (QED) is 0.696. The second kappa shape index (κ2) is 4.73. The van der Waals surface area contributed by atoms with Crippen LogP contribution < -0.4 is 16.9 Å². The van der Waals surface area contributed by atoms with Gasteiger partial charge in [-0.25, -0.2) is 14.2 Å². The third-order valence-electron chi connectivity index (χ3n) is 4.26. The average molecular weight is 293 g/mol. The van der Waals surface area contributed by atoms with Gasteiger partial charge in [0.2, 0.25) is 0 Å². The Hall–Kier alpha value is -2.09. The molecule has 3 heterocycles. The van der Waals surface area contributed by atoms with E-state index in [-0.39, 0.29) is 23.6 Å². The third kappa shape index (κ3) is 1.90. The summed E-state index contributed by atoms with van der Waals surface area (Å²) < 4.78 is 5.22. The molecule has 0 N–H and O–H groups in total. The number of likely N-dealkylation sites (tertiary alicyclic amines) is 1. The minimum Gasteiger partial charge on any atom is -0.289 e. The Bertz CT molecular complexity index is 876. The van der Waals surface area contributed by atoms with Gasteiger partial charge in [-0.15, -0.1) is 0 Å². The largest absolute Gasteiger partial charge is 0.333 e. The second-order valence-electron chi connectivity index (χ2n) is 5.61. The first-order valence-corrected chi connectivity index (χ1v) is 7.01. The van der Waals surface area contributed by atoms with Crippen molar-refractivity contribution in [3.63, 3.8) is 0 Å². The van der Waals surface area contributed by atoms with E-state index in [1.807, 2.05) is 0 Å².